The highest BCUT2D eigenvalue weighted by Crippen LogP contribution is 2.19. The average Bonchev–Trinajstić information content (AvgIpc) is 2.89. The molecule has 1 atom stereocenters. The monoisotopic (exact) mass is 261 g/mol. The molecule has 1 N–H and O–H groups in total. The van der Waals surface area contributed by atoms with Crippen LogP contribution >= 0.6 is 0 Å². The second-order valence-electron chi connectivity index (χ2n) is 4.75. The molecule has 6 heteroatoms. The van der Waals surface area contributed by atoms with E-state index in [0.717, 1.165) is 17.9 Å². The molecule has 19 heavy (non-hydrogen) atoms. The van der Waals surface area contributed by atoms with Gasteiger partial charge in [-0.25, -0.2) is 9.97 Å². The van der Waals surface area contributed by atoms with Crippen LogP contribution in [0, 0.1) is 0 Å². The zero-order chi connectivity index (χ0) is 13.8. The standard InChI is InChI=1S/C13H19N5O/c1-5-10-6-11(15-7-14-10)16-9(4)13-18-17-12(19-13)8(2)3/h6-9H,5H2,1-4H3,(H,14,15,16)/t9-/m0/s1. The second kappa shape index (κ2) is 5.77. The van der Waals surface area contributed by atoms with Crippen molar-refractivity contribution in [1.29, 1.82) is 0 Å². The van der Waals surface area contributed by atoms with Gasteiger partial charge in [-0.2, -0.15) is 0 Å². The van der Waals surface area contributed by atoms with Crippen molar-refractivity contribution in [1.82, 2.24) is 20.2 Å². The van der Waals surface area contributed by atoms with Gasteiger partial charge < -0.3 is 9.73 Å². The summed E-state index contributed by atoms with van der Waals surface area (Å²) >= 11 is 0. The van der Waals surface area contributed by atoms with Gasteiger partial charge in [0.15, 0.2) is 0 Å². The zero-order valence-electron chi connectivity index (χ0n) is 11.7. The van der Waals surface area contributed by atoms with Crippen LogP contribution in [0.2, 0.25) is 0 Å². The number of aryl methyl sites for hydroxylation is 1. The minimum atomic E-state index is -0.0837. The highest BCUT2D eigenvalue weighted by molar-refractivity contribution is 5.36. The molecule has 0 amide bonds. The molecule has 0 unspecified atom stereocenters. The van der Waals surface area contributed by atoms with Crippen molar-refractivity contribution >= 4 is 5.82 Å². The van der Waals surface area contributed by atoms with Gasteiger partial charge >= 0.3 is 0 Å². The molecule has 0 aromatic carbocycles. The third-order valence-corrected chi connectivity index (χ3v) is 2.77. The summed E-state index contributed by atoms with van der Waals surface area (Å²) in [6.45, 7) is 8.06. The molecule has 0 spiro atoms. The minimum Gasteiger partial charge on any atom is -0.423 e. The van der Waals surface area contributed by atoms with Crippen molar-refractivity contribution in [2.75, 3.05) is 5.32 Å². The van der Waals surface area contributed by atoms with Crippen molar-refractivity contribution in [3.05, 3.63) is 29.9 Å². The maximum absolute atomic E-state index is 5.61. The third kappa shape index (κ3) is 3.27. The highest BCUT2D eigenvalue weighted by atomic mass is 16.4. The van der Waals surface area contributed by atoms with Crippen LogP contribution in [0.5, 0.6) is 0 Å². The number of rotatable bonds is 5. The van der Waals surface area contributed by atoms with Crippen LogP contribution < -0.4 is 5.32 Å². The largest absolute Gasteiger partial charge is 0.423 e. The van der Waals surface area contributed by atoms with Gasteiger partial charge in [-0.05, 0) is 13.3 Å². The molecular formula is C13H19N5O. The lowest BCUT2D eigenvalue weighted by Gasteiger charge is -2.10. The predicted octanol–water partition coefficient (Wildman–Crippen LogP) is 2.72. The van der Waals surface area contributed by atoms with Crippen molar-refractivity contribution in [2.45, 2.75) is 46.1 Å². The van der Waals surface area contributed by atoms with Crippen LogP contribution in [0.1, 0.15) is 57.1 Å². The predicted molar refractivity (Wildman–Crippen MR) is 71.8 cm³/mol. The molecule has 2 rings (SSSR count). The summed E-state index contributed by atoms with van der Waals surface area (Å²) in [6, 6.07) is 1.84. The molecule has 2 heterocycles. The van der Waals surface area contributed by atoms with Crippen LogP contribution in [0.4, 0.5) is 5.82 Å². The van der Waals surface area contributed by atoms with Gasteiger partial charge in [0.1, 0.15) is 18.2 Å². The van der Waals surface area contributed by atoms with Crippen LogP contribution in [0.15, 0.2) is 16.8 Å². The van der Waals surface area contributed by atoms with Gasteiger partial charge in [-0.15, -0.1) is 10.2 Å². The molecule has 0 radical (unpaired) electrons. The van der Waals surface area contributed by atoms with Crippen LogP contribution in [0.3, 0.4) is 0 Å². The first-order valence-electron chi connectivity index (χ1n) is 6.51. The molecule has 0 bridgehead atoms. The Kier molecular flexibility index (Phi) is 4.09. The van der Waals surface area contributed by atoms with E-state index in [9.17, 15) is 0 Å². The lowest BCUT2D eigenvalue weighted by molar-refractivity contribution is 0.419. The number of hydrogen-bond donors (Lipinski definition) is 1. The van der Waals surface area contributed by atoms with Crippen molar-refractivity contribution < 1.29 is 4.42 Å². The quantitative estimate of drug-likeness (QED) is 0.891. The van der Waals surface area contributed by atoms with E-state index >= 15 is 0 Å². The average molecular weight is 261 g/mol. The fourth-order valence-corrected chi connectivity index (χ4v) is 1.61. The summed E-state index contributed by atoms with van der Waals surface area (Å²) in [5.74, 6) is 2.23. The molecule has 2 aromatic heterocycles. The summed E-state index contributed by atoms with van der Waals surface area (Å²) < 4.78 is 5.61. The lowest BCUT2D eigenvalue weighted by atomic mass is 10.2. The summed E-state index contributed by atoms with van der Waals surface area (Å²) in [5.41, 5.74) is 0.998. The first kappa shape index (κ1) is 13.5. The van der Waals surface area contributed by atoms with E-state index in [-0.39, 0.29) is 12.0 Å². The Morgan fingerprint density at radius 3 is 2.53 bits per heavy atom. The Morgan fingerprint density at radius 2 is 1.89 bits per heavy atom. The maximum Gasteiger partial charge on any atom is 0.238 e. The molecular weight excluding hydrogens is 242 g/mol. The Labute approximate surface area is 112 Å². The van der Waals surface area contributed by atoms with Gasteiger partial charge in [0.05, 0.1) is 0 Å². The van der Waals surface area contributed by atoms with Crippen molar-refractivity contribution in [3.8, 4) is 0 Å². The van der Waals surface area contributed by atoms with E-state index in [0.29, 0.717) is 11.8 Å². The molecule has 0 aliphatic carbocycles. The second-order valence-corrected chi connectivity index (χ2v) is 4.75. The van der Waals surface area contributed by atoms with Gasteiger partial charge in [0, 0.05) is 17.7 Å². The van der Waals surface area contributed by atoms with E-state index in [1.807, 2.05) is 26.8 Å². The van der Waals surface area contributed by atoms with Crippen LogP contribution in [0.25, 0.3) is 0 Å². The number of nitrogens with one attached hydrogen (secondary N) is 1. The smallest absolute Gasteiger partial charge is 0.238 e. The van der Waals surface area contributed by atoms with E-state index in [1.54, 1.807) is 6.33 Å². The van der Waals surface area contributed by atoms with E-state index in [1.165, 1.54) is 0 Å². The van der Waals surface area contributed by atoms with Crippen LogP contribution in [-0.2, 0) is 6.42 Å². The van der Waals surface area contributed by atoms with Crippen molar-refractivity contribution in [3.63, 3.8) is 0 Å². The minimum absolute atomic E-state index is 0.0837. The Balaban J connectivity index is 2.08. The van der Waals surface area contributed by atoms with E-state index in [2.05, 4.69) is 32.4 Å². The Morgan fingerprint density at radius 1 is 1.16 bits per heavy atom. The SMILES string of the molecule is CCc1cc(N[C@@H](C)c2nnc(C(C)C)o2)ncn1. The first-order valence-corrected chi connectivity index (χ1v) is 6.51. The topological polar surface area (TPSA) is 76.7 Å². The molecule has 0 saturated heterocycles. The van der Waals surface area contributed by atoms with E-state index < -0.39 is 0 Å². The summed E-state index contributed by atoms with van der Waals surface area (Å²) in [7, 11) is 0. The van der Waals surface area contributed by atoms with Gasteiger partial charge in [0.2, 0.25) is 11.8 Å². The number of anilines is 1. The van der Waals surface area contributed by atoms with E-state index in [4.69, 9.17) is 4.42 Å². The van der Waals surface area contributed by atoms with Gasteiger partial charge in [-0.1, -0.05) is 20.8 Å². The fourth-order valence-electron chi connectivity index (χ4n) is 1.61. The van der Waals surface area contributed by atoms with Crippen LogP contribution in [-0.4, -0.2) is 20.2 Å². The molecule has 102 valence electrons. The Hall–Kier alpha value is -1.98. The van der Waals surface area contributed by atoms with Crippen molar-refractivity contribution in [2.24, 2.45) is 0 Å². The number of nitrogens with zero attached hydrogens (tertiary/aromatic N) is 4. The molecule has 6 nitrogen and oxygen atoms in total. The first-order chi connectivity index (χ1) is 9.10. The molecule has 0 aliphatic rings. The Bertz CT molecular complexity index is 537. The lowest BCUT2D eigenvalue weighted by Crippen LogP contribution is -2.09. The zero-order valence-corrected chi connectivity index (χ0v) is 11.7. The summed E-state index contributed by atoms with van der Waals surface area (Å²) in [6.07, 6.45) is 2.44. The maximum atomic E-state index is 5.61. The molecule has 0 saturated carbocycles. The normalized spacial score (nSPS) is 12.7. The van der Waals surface area contributed by atoms with Gasteiger partial charge in [-0.3, -0.25) is 0 Å². The number of hydrogen-bond acceptors (Lipinski definition) is 6. The summed E-state index contributed by atoms with van der Waals surface area (Å²) in [5, 5.41) is 11.3. The third-order valence-electron chi connectivity index (χ3n) is 2.77. The van der Waals surface area contributed by atoms with Gasteiger partial charge in [0.25, 0.3) is 0 Å². The highest BCUT2D eigenvalue weighted by Gasteiger charge is 2.16. The number of aromatic nitrogens is 4. The molecule has 2 aromatic rings. The fraction of sp³-hybridized carbons (Fsp3) is 0.538. The molecule has 0 aliphatic heterocycles. The molecule has 0 fully saturated rings. The summed E-state index contributed by atoms with van der Waals surface area (Å²) in [4.78, 5) is 8.35.